The highest BCUT2D eigenvalue weighted by molar-refractivity contribution is 4.83. The van der Waals surface area contributed by atoms with E-state index in [9.17, 15) is 0 Å². The summed E-state index contributed by atoms with van der Waals surface area (Å²) in [6.45, 7) is 8.47. The lowest BCUT2D eigenvalue weighted by Crippen LogP contribution is -2.54. The number of hydrogen-bond acceptors (Lipinski definition) is 3. The quantitative estimate of drug-likeness (QED) is 0.728. The van der Waals surface area contributed by atoms with Crippen LogP contribution in [0.25, 0.3) is 0 Å². The fraction of sp³-hybridized carbons (Fsp3) is 1.00. The van der Waals surface area contributed by atoms with Crippen molar-refractivity contribution >= 4 is 0 Å². The molecule has 0 spiro atoms. The lowest BCUT2D eigenvalue weighted by atomic mass is 10.0. The molecule has 1 N–H and O–H groups in total. The number of rotatable bonds is 2. The maximum Gasteiger partial charge on any atom is 0.0220 e. The molecule has 0 bridgehead atoms. The van der Waals surface area contributed by atoms with E-state index in [1.54, 1.807) is 0 Å². The number of likely N-dealkylation sites (N-methyl/N-ethyl adjacent to an activating group) is 1. The van der Waals surface area contributed by atoms with Crippen LogP contribution in [0.4, 0.5) is 0 Å². The van der Waals surface area contributed by atoms with Crippen LogP contribution < -0.4 is 5.32 Å². The largest absolute Gasteiger partial charge is 0.314 e. The first kappa shape index (κ1) is 11.4. The van der Waals surface area contributed by atoms with Gasteiger partial charge in [-0.2, -0.15) is 0 Å². The van der Waals surface area contributed by atoms with E-state index < -0.39 is 0 Å². The van der Waals surface area contributed by atoms with Gasteiger partial charge >= 0.3 is 0 Å². The van der Waals surface area contributed by atoms with Gasteiger partial charge in [0.25, 0.3) is 0 Å². The molecule has 2 rings (SSSR count). The number of nitrogens with zero attached hydrogens (tertiary/aromatic N) is 2. The zero-order chi connectivity index (χ0) is 10.7. The fourth-order valence-electron chi connectivity index (χ4n) is 2.80. The van der Waals surface area contributed by atoms with Crippen LogP contribution in [0.1, 0.15) is 26.2 Å². The van der Waals surface area contributed by atoms with Crippen molar-refractivity contribution in [3.05, 3.63) is 0 Å². The molecule has 3 nitrogen and oxygen atoms in total. The van der Waals surface area contributed by atoms with E-state index in [1.165, 1.54) is 45.4 Å². The molecule has 2 aliphatic rings. The van der Waals surface area contributed by atoms with Crippen molar-refractivity contribution < 1.29 is 0 Å². The van der Waals surface area contributed by atoms with Gasteiger partial charge in [0.05, 0.1) is 0 Å². The Morgan fingerprint density at radius 2 is 2.13 bits per heavy atom. The summed E-state index contributed by atoms with van der Waals surface area (Å²) in [6.07, 6.45) is 4.22. The van der Waals surface area contributed by atoms with Crippen LogP contribution in [0.5, 0.6) is 0 Å². The molecule has 3 heteroatoms. The molecular formula is C12H25N3. The Morgan fingerprint density at radius 3 is 2.87 bits per heavy atom. The first-order chi connectivity index (χ1) is 7.27. The Labute approximate surface area is 93.8 Å². The van der Waals surface area contributed by atoms with Crippen LogP contribution in [0.15, 0.2) is 0 Å². The van der Waals surface area contributed by atoms with Gasteiger partial charge in [-0.25, -0.2) is 0 Å². The highest BCUT2D eigenvalue weighted by atomic mass is 15.3. The van der Waals surface area contributed by atoms with Crippen LogP contribution >= 0.6 is 0 Å². The monoisotopic (exact) mass is 211 g/mol. The van der Waals surface area contributed by atoms with E-state index in [-0.39, 0.29) is 0 Å². The Morgan fingerprint density at radius 1 is 1.27 bits per heavy atom. The van der Waals surface area contributed by atoms with Crippen LogP contribution in [-0.2, 0) is 0 Å². The zero-order valence-electron chi connectivity index (χ0n) is 10.2. The summed E-state index contributed by atoms with van der Waals surface area (Å²) < 4.78 is 0. The third kappa shape index (κ3) is 2.92. The molecule has 2 aliphatic heterocycles. The molecule has 0 amide bonds. The first-order valence-electron chi connectivity index (χ1n) is 6.42. The van der Waals surface area contributed by atoms with Crippen LogP contribution in [0.3, 0.4) is 0 Å². The van der Waals surface area contributed by atoms with Gasteiger partial charge in [0.2, 0.25) is 0 Å². The lowest BCUT2D eigenvalue weighted by Gasteiger charge is -2.40. The number of hydrogen-bond donors (Lipinski definition) is 1. The van der Waals surface area contributed by atoms with Gasteiger partial charge in [0.15, 0.2) is 0 Å². The molecule has 0 saturated carbocycles. The second kappa shape index (κ2) is 5.28. The second-order valence-corrected chi connectivity index (χ2v) is 5.18. The Hall–Kier alpha value is -0.120. The Balaban J connectivity index is 1.83. The molecule has 0 aromatic heterocycles. The average Bonchev–Trinajstić information content (AvgIpc) is 2.24. The van der Waals surface area contributed by atoms with Gasteiger partial charge in [0, 0.05) is 38.3 Å². The zero-order valence-corrected chi connectivity index (χ0v) is 10.2. The van der Waals surface area contributed by atoms with Crippen LogP contribution in [0.2, 0.25) is 0 Å². The molecule has 2 heterocycles. The summed E-state index contributed by atoms with van der Waals surface area (Å²) in [5.41, 5.74) is 0. The van der Waals surface area contributed by atoms with E-state index in [1.807, 2.05) is 0 Å². The number of likely N-dealkylation sites (tertiary alicyclic amines) is 1. The molecule has 2 fully saturated rings. The summed E-state index contributed by atoms with van der Waals surface area (Å²) in [5, 5.41) is 3.46. The van der Waals surface area contributed by atoms with Gasteiger partial charge in [-0.15, -0.1) is 0 Å². The Kier molecular flexibility index (Phi) is 4.00. The van der Waals surface area contributed by atoms with Crippen molar-refractivity contribution in [2.45, 2.75) is 38.3 Å². The van der Waals surface area contributed by atoms with E-state index in [2.05, 4.69) is 29.1 Å². The topological polar surface area (TPSA) is 18.5 Å². The minimum Gasteiger partial charge on any atom is -0.314 e. The fourth-order valence-corrected chi connectivity index (χ4v) is 2.80. The molecule has 2 saturated heterocycles. The van der Waals surface area contributed by atoms with Gasteiger partial charge in [-0.05, 0) is 33.4 Å². The van der Waals surface area contributed by atoms with E-state index in [0.717, 1.165) is 12.6 Å². The van der Waals surface area contributed by atoms with Gasteiger partial charge in [-0.3, -0.25) is 4.90 Å². The molecule has 0 radical (unpaired) electrons. The smallest absolute Gasteiger partial charge is 0.0220 e. The van der Waals surface area contributed by atoms with Gasteiger partial charge in [-0.1, -0.05) is 6.42 Å². The summed E-state index contributed by atoms with van der Waals surface area (Å²) >= 11 is 0. The second-order valence-electron chi connectivity index (χ2n) is 5.18. The minimum atomic E-state index is 0.717. The maximum atomic E-state index is 3.46. The molecule has 88 valence electrons. The molecular weight excluding hydrogens is 186 g/mol. The van der Waals surface area contributed by atoms with Crippen molar-refractivity contribution in [2.75, 3.05) is 39.8 Å². The lowest BCUT2D eigenvalue weighted by molar-refractivity contribution is 0.0939. The normalized spacial score (nSPS) is 35.6. The minimum absolute atomic E-state index is 0.717. The van der Waals surface area contributed by atoms with Crippen molar-refractivity contribution in [1.82, 2.24) is 15.1 Å². The summed E-state index contributed by atoms with van der Waals surface area (Å²) in [6, 6.07) is 1.52. The predicted molar refractivity (Wildman–Crippen MR) is 64.2 cm³/mol. The van der Waals surface area contributed by atoms with Crippen molar-refractivity contribution in [1.29, 1.82) is 0 Å². The van der Waals surface area contributed by atoms with Crippen LogP contribution in [0, 0.1) is 0 Å². The van der Waals surface area contributed by atoms with Gasteiger partial charge in [0.1, 0.15) is 0 Å². The van der Waals surface area contributed by atoms with E-state index >= 15 is 0 Å². The highest BCUT2D eigenvalue weighted by Gasteiger charge is 2.25. The van der Waals surface area contributed by atoms with E-state index in [4.69, 9.17) is 0 Å². The summed E-state index contributed by atoms with van der Waals surface area (Å²) in [4.78, 5) is 5.21. The van der Waals surface area contributed by atoms with Gasteiger partial charge < -0.3 is 10.2 Å². The predicted octanol–water partition coefficient (Wildman–Crippen LogP) is 0.764. The number of piperidine rings is 1. The first-order valence-corrected chi connectivity index (χ1v) is 6.42. The number of piperazine rings is 1. The number of nitrogens with one attached hydrogen (secondary N) is 1. The summed E-state index contributed by atoms with van der Waals surface area (Å²) in [7, 11) is 2.29. The van der Waals surface area contributed by atoms with E-state index in [0.29, 0.717) is 6.04 Å². The standard InChI is InChI=1S/C12H25N3/c1-11-9-13-6-8-15(11)10-12-5-3-4-7-14(12)2/h11-13H,3-10H2,1-2H3. The molecule has 0 aromatic rings. The van der Waals surface area contributed by atoms with Crippen molar-refractivity contribution in [3.63, 3.8) is 0 Å². The maximum absolute atomic E-state index is 3.46. The van der Waals surface area contributed by atoms with Crippen molar-refractivity contribution in [3.8, 4) is 0 Å². The summed E-state index contributed by atoms with van der Waals surface area (Å²) in [5.74, 6) is 0. The third-order valence-electron chi connectivity index (χ3n) is 4.01. The average molecular weight is 211 g/mol. The van der Waals surface area contributed by atoms with Crippen LogP contribution in [-0.4, -0.2) is 61.7 Å². The molecule has 0 aromatic carbocycles. The molecule has 2 unspecified atom stereocenters. The molecule has 0 aliphatic carbocycles. The van der Waals surface area contributed by atoms with Crippen molar-refractivity contribution in [2.24, 2.45) is 0 Å². The SMILES string of the molecule is CC1CNCCN1CC1CCCCN1C. The molecule has 15 heavy (non-hydrogen) atoms. The molecule has 2 atom stereocenters. The Bertz CT molecular complexity index is 175. The highest BCUT2D eigenvalue weighted by Crippen LogP contribution is 2.17. The third-order valence-corrected chi connectivity index (χ3v) is 4.01.